The van der Waals surface area contributed by atoms with Gasteiger partial charge in [-0.3, -0.25) is 4.79 Å². The van der Waals surface area contributed by atoms with Gasteiger partial charge in [0.05, 0.1) is 12.8 Å². The molecule has 0 spiro atoms. The van der Waals surface area contributed by atoms with Crippen molar-refractivity contribution in [2.75, 3.05) is 19.9 Å². The molecule has 0 saturated carbocycles. The van der Waals surface area contributed by atoms with E-state index in [4.69, 9.17) is 9.15 Å². The molecule has 0 aliphatic carbocycles. The lowest BCUT2D eigenvalue weighted by atomic mass is 10.2. The van der Waals surface area contributed by atoms with Crippen molar-refractivity contribution >= 4 is 23.7 Å². The summed E-state index contributed by atoms with van der Waals surface area (Å²) in [6, 6.07) is 11.6. The third-order valence-corrected chi connectivity index (χ3v) is 3.89. The summed E-state index contributed by atoms with van der Waals surface area (Å²) in [4.78, 5) is 13.0. The van der Waals surface area contributed by atoms with Crippen LogP contribution in [0.4, 0.5) is 0 Å². The Morgan fingerprint density at radius 2 is 2.14 bits per heavy atom. The maximum Gasteiger partial charge on any atom is 0.244 e. The second kappa shape index (κ2) is 8.46. The van der Waals surface area contributed by atoms with Crippen LogP contribution in [0.3, 0.4) is 0 Å². The second-order valence-electron chi connectivity index (χ2n) is 4.59. The topological polar surface area (TPSA) is 51.5 Å². The minimum atomic E-state index is -0.284. The van der Waals surface area contributed by atoms with E-state index in [0.29, 0.717) is 12.3 Å². The molecule has 1 N–H and O–H groups in total. The van der Waals surface area contributed by atoms with Crippen LogP contribution in [0.15, 0.2) is 58.1 Å². The van der Waals surface area contributed by atoms with E-state index >= 15 is 0 Å². The van der Waals surface area contributed by atoms with Gasteiger partial charge in [-0.2, -0.15) is 0 Å². The Hall–Kier alpha value is -1.98. The highest BCUT2D eigenvalue weighted by molar-refractivity contribution is 7.98. The van der Waals surface area contributed by atoms with Crippen LogP contribution in [0.1, 0.15) is 17.4 Å². The number of methoxy groups -OCH3 is 1. The van der Waals surface area contributed by atoms with Gasteiger partial charge in [-0.25, -0.2) is 0 Å². The lowest BCUT2D eigenvalue weighted by molar-refractivity contribution is -0.117. The Morgan fingerprint density at radius 1 is 1.36 bits per heavy atom. The number of benzene rings is 1. The van der Waals surface area contributed by atoms with Gasteiger partial charge in [0.2, 0.25) is 5.91 Å². The fraction of sp³-hybridized carbons (Fsp3) is 0.235. The molecule has 1 aromatic heterocycles. The number of carbonyl (C=O) groups is 1. The molecule has 116 valence electrons. The van der Waals surface area contributed by atoms with Crippen LogP contribution < -0.4 is 5.32 Å². The number of ether oxygens (including phenoxy) is 1. The molecule has 5 heteroatoms. The fourth-order valence-corrected chi connectivity index (χ4v) is 2.32. The van der Waals surface area contributed by atoms with Crippen LogP contribution in [0.2, 0.25) is 0 Å². The van der Waals surface area contributed by atoms with Gasteiger partial charge < -0.3 is 14.5 Å². The first-order chi connectivity index (χ1) is 10.7. The van der Waals surface area contributed by atoms with E-state index in [2.05, 4.69) is 5.32 Å². The van der Waals surface area contributed by atoms with Gasteiger partial charge >= 0.3 is 0 Å². The fourth-order valence-electron chi connectivity index (χ4n) is 1.91. The summed E-state index contributed by atoms with van der Waals surface area (Å²) in [6.45, 7) is 0.360. The van der Waals surface area contributed by atoms with Crippen LogP contribution in [0, 0.1) is 0 Å². The molecular weight excluding hydrogens is 298 g/mol. The molecule has 1 heterocycles. The number of furan rings is 1. The first-order valence-electron chi connectivity index (χ1n) is 6.89. The largest absolute Gasteiger partial charge is 0.467 e. The Kier molecular flexibility index (Phi) is 6.30. The summed E-state index contributed by atoms with van der Waals surface area (Å²) in [5.41, 5.74) is 0.988. The predicted octanol–water partition coefficient (Wildman–Crippen LogP) is 3.52. The minimum absolute atomic E-state index is 0.164. The van der Waals surface area contributed by atoms with Gasteiger partial charge in [-0.05, 0) is 42.2 Å². The number of rotatable bonds is 7. The zero-order valence-electron chi connectivity index (χ0n) is 12.6. The molecule has 0 aliphatic rings. The van der Waals surface area contributed by atoms with Crippen molar-refractivity contribution in [2.24, 2.45) is 0 Å². The van der Waals surface area contributed by atoms with Gasteiger partial charge in [-0.1, -0.05) is 12.1 Å². The van der Waals surface area contributed by atoms with Crippen LogP contribution in [0.25, 0.3) is 6.08 Å². The molecule has 1 aromatic carbocycles. The molecular formula is C17H19NO3S. The zero-order valence-corrected chi connectivity index (χ0v) is 13.4. The molecule has 0 bridgehead atoms. The Morgan fingerprint density at radius 3 is 2.73 bits per heavy atom. The highest BCUT2D eigenvalue weighted by Gasteiger charge is 2.13. The molecule has 4 nitrogen and oxygen atoms in total. The first-order valence-corrected chi connectivity index (χ1v) is 8.11. The van der Waals surface area contributed by atoms with Gasteiger partial charge in [0, 0.05) is 18.1 Å². The number of hydrogen-bond acceptors (Lipinski definition) is 4. The normalized spacial score (nSPS) is 12.5. The summed E-state index contributed by atoms with van der Waals surface area (Å²) >= 11 is 1.69. The second-order valence-corrected chi connectivity index (χ2v) is 5.47. The molecule has 2 rings (SSSR count). The van der Waals surface area contributed by atoms with Crippen molar-refractivity contribution in [2.45, 2.75) is 11.0 Å². The standard InChI is InChI=1S/C17H19NO3S/c1-20-16(15-4-3-11-21-15)12-18-17(19)10-7-13-5-8-14(22-2)9-6-13/h3-11,16H,12H2,1-2H3,(H,18,19)/b10-7+. The van der Waals surface area contributed by atoms with Gasteiger partial charge in [0.15, 0.2) is 0 Å². The Bertz CT molecular complexity index is 605. The quantitative estimate of drug-likeness (QED) is 0.627. The number of thioether (sulfide) groups is 1. The zero-order chi connectivity index (χ0) is 15.8. The molecule has 0 aliphatic heterocycles. The van der Waals surface area contributed by atoms with E-state index in [9.17, 15) is 4.79 Å². The van der Waals surface area contributed by atoms with E-state index in [0.717, 1.165) is 5.56 Å². The Balaban J connectivity index is 1.85. The van der Waals surface area contributed by atoms with Gasteiger partial charge in [0.1, 0.15) is 11.9 Å². The van der Waals surface area contributed by atoms with E-state index < -0.39 is 0 Å². The summed E-state index contributed by atoms with van der Waals surface area (Å²) < 4.78 is 10.6. The lowest BCUT2D eigenvalue weighted by Crippen LogP contribution is -2.27. The number of hydrogen-bond donors (Lipinski definition) is 1. The van der Waals surface area contributed by atoms with Crippen molar-refractivity contribution in [3.05, 3.63) is 60.1 Å². The van der Waals surface area contributed by atoms with Crippen molar-refractivity contribution in [3.8, 4) is 0 Å². The molecule has 0 fully saturated rings. The van der Waals surface area contributed by atoms with Crippen LogP contribution >= 0.6 is 11.8 Å². The van der Waals surface area contributed by atoms with Crippen molar-refractivity contribution < 1.29 is 13.9 Å². The van der Waals surface area contributed by atoms with E-state index in [1.165, 1.54) is 11.0 Å². The predicted molar refractivity (Wildman–Crippen MR) is 88.7 cm³/mol. The SMILES string of the molecule is COC(CNC(=O)/C=C/c1ccc(SC)cc1)c1ccco1. The summed E-state index contributed by atoms with van der Waals surface area (Å²) in [6.07, 6.45) is 6.63. The summed E-state index contributed by atoms with van der Waals surface area (Å²) in [5.74, 6) is 0.530. The lowest BCUT2D eigenvalue weighted by Gasteiger charge is -2.12. The van der Waals surface area contributed by atoms with Crippen LogP contribution in [-0.4, -0.2) is 25.8 Å². The van der Waals surface area contributed by atoms with E-state index in [-0.39, 0.29) is 12.0 Å². The third-order valence-electron chi connectivity index (χ3n) is 3.15. The number of nitrogens with one attached hydrogen (secondary N) is 1. The van der Waals surface area contributed by atoms with Crippen LogP contribution in [0.5, 0.6) is 0 Å². The maximum absolute atomic E-state index is 11.8. The molecule has 2 aromatic rings. The van der Waals surface area contributed by atoms with Crippen LogP contribution in [-0.2, 0) is 9.53 Å². The average Bonchev–Trinajstić information content (AvgIpc) is 3.08. The average molecular weight is 317 g/mol. The van der Waals surface area contributed by atoms with Crippen molar-refractivity contribution in [3.63, 3.8) is 0 Å². The highest BCUT2D eigenvalue weighted by Crippen LogP contribution is 2.16. The first kappa shape index (κ1) is 16.4. The monoisotopic (exact) mass is 317 g/mol. The molecule has 1 unspecified atom stereocenters. The molecule has 0 radical (unpaired) electrons. The smallest absolute Gasteiger partial charge is 0.244 e. The maximum atomic E-state index is 11.8. The van der Waals surface area contributed by atoms with E-state index in [1.54, 1.807) is 37.3 Å². The molecule has 22 heavy (non-hydrogen) atoms. The molecule has 1 atom stereocenters. The number of amides is 1. The van der Waals surface area contributed by atoms with Gasteiger partial charge in [-0.15, -0.1) is 11.8 Å². The van der Waals surface area contributed by atoms with Crippen molar-refractivity contribution in [1.29, 1.82) is 0 Å². The van der Waals surface area contributed by atoms with Crippen molar-refractivity contribution in [1.82, 2.24) is 5.32 Å². The highest BCUT2D eigenvalue weighted by atomic mass is 32.2. The molecule has 0 saturated heterocycles. The third kappa shape index (κ3) is 4.79. The van der Waals surface area contributed by atoms with E-state index in [1.807, 2.05) is 36.6 Å². The summed E-state index contributed by atoms with van der Waals surface area (Å²) in [7, 11) is 1.59. The van der Waals surface area contributed by atoms with Gasteiger partial charge in [0.25, 0.3) is 0 Å². The molecule has 1 amide bonds. The Labute approximate surface area is 134 Å². The summed E-state index contributed by atoms with van der Waals surface area (Å²) in [5, 5.41) is 2.80. The minimum Gasteiger partial charge on any atom is -0.467 e. The number of carbonyl (C=O) groups excluding carboxylic acids is 1.